The van der Waals surface area contributed by atoms with E-state index in [-0.39, 0.29) is 6.54 Å². The van der Waals surface area contributed by atoms with Gasteiger partial charge in [-0.3, -0.25) is 9.78 Å². The maximum absolute atomic E-state index is 12.2. The fourth-order valence-electron chi connectivity index (χ4n) is 1.85. The third-order valence-electron chi connectivity index (χ3n) is 2.65. The van der Waals surface area contributed by atoms with Crippen LogP contribution in [0.2, 0.25) is 0 Å². The number of imide groups is 1. The summed E-state index contributed by atoms with van der Waals surface area (Å²) in [6.45, 7) is 5.55. The SMILES string of the molecule is CC(C)(C)OC(=O)N1CCc2ncc(N)cc2C1=O. The summed E-state index contributed by atoms with van der Waals surface area (Å²) in [6.07, 6.45) is 1.39. The fourth-order valence-corrected chi connectivity index (χ4v) is 1.85. The molecule has 2 N–H and O–H groups in total. The summed E-state index contributed by atoms with van der Waals surface area (Å²) in [5.41, 5.74) is 6.42. The first-order valence-corrected chi connectivity index (χ1v) is 6.07. The van der Waals surface area contributed by atoms with Crippen LogP contribution in [0.25, 0.3) is 0 Å². The van der Waals surface area contributed by atoms with Crippen molar-refractivity contribution < 1.29 is 14.3 Å². The van der Waals surface area contributed by atoms with Crippen molar-refractivity contribution >= 4 is 17.7 Å². The van der Waals surface area contributed by atoms with Gasteiger partial charge in [0.2, 0.25) is 0 Å². The number of pyridine rings is 1. The van der Waals surface area contributed by atoms with Gasteiger partial charge in [0, 0.05) is 13.0 Å². The number of hydrogen-bond acceptors (Lipinski definition) is 5. The van der Waals surface area contributed by atoms with E-state index in [1.807, 2.05) is 0 Å². The Labute approximate surface area is 111 Å². The second kappa shape index (κ2) is 4.53. The Hall–Kier alpha value is -2.11. The van der Waals surface area contributed by atoms with Gasteiger partial charge in [0.15, 0.2) is 0 Å². The lowest BCUT2D eigenvalue weighted by molar-refractivity contribution is 0.0232. The van der Waals surface area contributed by atoms with Crippen LogP contribution in [0.3, 0.4) is 0 Å². The van der Waals surface area contributed by atoms with Crippen LogP contribution in [-0.2, 0) is 11.2 Å². The first-order valence-electron chi connectivity index (χ1n) is 6.07. The lowest BCUT2D eigenvalue weighted by atomic mass is 10.0. The standard InChI is InChI=1S/C13H17N3O3/c1-13(2,3)19-12(18)16-5-4-10-9(11(16)17)6-8(14)7-15-10/h6-7H,4-5,14H2,1-3H3. The van der Waals surface area contributed by atoms with Gasteiger partial charge in [-0.1, -0.05) is 0 Å². The van der Waals surface area contributed by atoms with E-state index in [2.05, 4.69) is 4.98 Å². The Morgan fingerprint density at radius 2 is 2.16 bits per heavy atom. The van der Waals surface area contributed by atoms with E-state index in [1.165, 1.54) is 6.20 Å². The molecule has 2 rings (SSSR count). The topological polar surface area (TPSA) is 85.5 Å². The Morgan fingerprint density at radius 1 is 1.47 bits per heavy atom. The van der Waals surface area contributed by atoms with Crippen LogP contribution >= 0.6 is 0 Å². The summed E-state index contributed by atoms with van der Waals surface area (Å²) >= 11 is 0. The lowest BCUT2D eigenvalue weighted by Gasteiger charge is -2.29. The summed E-state index contributed by atoms with van der Waals surface area (Å²) in [4.78, 5) is 29.4. The summed E-state index contributed by atoms with van der Waals surface area (Å²) in [5.74, 6) is -0.407. The Bertz CT molecular complexity index is 534. The minimum atomic E-state index is -0.634. The second-order valence-electron chi connectivity index (χ2n) is 5.45. The summed E-state index contributed by atoms with van der Waals surface area (Å²) in [6, 6.07) is 1.54. The molecule has 2 amide bonds. The molecule has 0 saturated heterocycles. The van der Waals surface area contributed by atoms with Crippen molar-refractivity contribution in [2.45, 2.75) is 32.8 Å². The first-order chi connectivity index (χ1) is 8.78. The Balaban J connectivity index is 2.24. The molecule has 1 aromatic heterocycles. The molecule has 0 spiro atoms. The van der Waals surface area contributed by atoms with Crippen molar-refractivity contribution in [1.29, 1.82) is 0 Å². The minimum Gasteiger partial charge on any atom is -0.443 e. The number of hydrogen-bond donors (Lipinski definition) is 1. The van der Waals surface area contributed by atoms with Crippen LogP contribution in [0.5, 0.6) is 0 Å². The molecule has 102 valence electrons. The number of nitrogens with two attached hydrogens (primary N) is 1. The van der Waals surface area contributed by atoms with Crippen molar-refractivity contribution in [1.82, 2.24) is 9.88 Å². The number of nitrogen functional groups attached to an aromatic ring is 1. The molecular formula is C13H17N3O3. The molecule has 0 aliphatic carbocycles. The van der Waals surface area contributed by atoms with Crippen LogP contribution in [0.1, 0.15) is 36.8 Å². The smallest absolute Gasteiger partial charge is 0.417 e. The predicted molar refractivity (Wildman–Crippen MR) is 69.6 cm³/mol. The average molecular weight is 263 g/mol. The summed E-state index contributed by atoms with van der Waals surface area (Å²) in [7, 11) is 0. The van der Waals surface area contributed by atoms with Crippen molar-refractivity contribution in [3.8, 4) is 0 Å². The van der Waals surface area contributed by atoms with Gasteiger partial charge in [0.1, 0.15) is 5.60 Å². The van der Waals surface area contributed by atoms with E-state index in [9.17, 15) is 9.59 Å². The van der Waals surface area contributed by atoms with E-state index in [0.29, 0.717) is 23.4 Å². The van der Waals surface area contributed by atoms with Gasteiger partial charge in [0.25, 0.3) is 5.91 Å². The van der Waals surface area contributed by atoms with Gasteiger partial charge in [0.05, 0.1) is 23.1 Å². The third kappa shape index (κ3) is 2.83. The third-order valence-corrected chi connectivity index (χ3v) is 2.65. The zero-order valence-corrected chi connectivity index (χ0v) is 11.3. The van der Waals surface area contributed by atoms with Crippen molar-refractivity contribution in [3.05, 3.63) is 23.5 Å². The van der Waals surface area contributed by atoms with Gasteiger partial charge in [-0.15, -0.1) is 0 Å². The van der Waals surface area contributed by atoms with Gasteiger partial charge < -0.3 is 10.5 Å². The molecule has 0 aromatic carbocycles. The van der Waals surface area contributed by atoms with Crippen LogP contribution in [-0.4, -0.2) is 34.0 Å². The van der Waals surface area contributed by atoms with Crippen LogP contribution in [0.15, 0.2) is 12.3 Å². The zero-order valence-electron chi connectivity index (χ0n) is 11.3. The molecule has 1 aromatic rings. The highest BCUT2D eigenvalue weighted by atomic mass is 16.6. The molecule has 1 aliphatic rings. The fraction of sp³-hybridized carbons (Fsp3) is 0.462. The number of ether oxygens (including phenoxy) is 1. The molecule has 19 heavy (non-hydrogen) atoms. The monoisotopic (exact) mass is 263 g/mol. The number of aromatic nitrogens is 1. The van der Waals surface area contributed by atoms with Crippen molar-refractivity contribution in [3.63, 3.8) is 0 Å². The highest BCUT2D eigenvalue weighted by molar-refractivity contribution is 6.05. The normalized spacial score (nSPS) is 15.1. The number of carbonyl (C=O) groups is 2. The number of rotatable bonds is 0. The number of anilines is 1. The van der Waals surface area contributed by atoms with E-state index >= 15 is 0 Å². The summed E-state index contributed by atoms with van der Waals surface area (Å²) in [5, 5.41) is 0. The van der Waals surface area contributed by atoms with Crippen LogP contribution < -0.4 is 5.73 Å². The predicted octanol–water partition coefficient (Wildman–Crippen LogP) is 1.60. The van der Waals surface area contributed by atoms with Gasteiger partial charge in [-0.25, -0.2) is 9.69 Å². The summed E-state index contributed by atoms with van der Waals surface area (Å²) < 4.78 is 5.21. The molecule has 0 fully saturated rings. The maximum Gasteiger partial charge on any atom is 0.417 e. The Kier molecular flexibility index (Phi) is 3.18. The lowest BCUT2D eigenvalue weighted by Crippen LogP contribution is -2.45. The minimum absolute atomic E-state index is 0.275. The molecule has 0 atom stereocenters. The van der Waals surface area contributed by atoms with Gasteiger partial charge in [-0.05, 0) is 26.8 Å². The first kappa shape index (κ1) is 13.3. The molecule has 0 unspecified atom stereocenters. The molecule has 0 saturated carbocycles. The van der Waals surface area contributed by atoms with Crippen LogP contribution in [0.4, 0.5) is 10.5 Å². The second-order valence-corrected chi connectivity index (χ2v) is 5.45. The molecule has 0 radical (unpaired) electrons. The van der Waals surface area contributed by atoms with Crippen LogP contribution in [0, 0.1) is 0 Å². The average Bonchev–Trinajstić information content (AvgIpc) is 2.28. The molecule has 6 heteroatoms. The maximum atomic E-state index is 12.2. The number of amides is 2. The van der Waals surface area contributed by atoms with Gasteiger partial charge in [-0.2, -0.15) is 0 Å². The van der Waals surface area contributed by atoms with Crippen molar-refractivity contribution in [2.24, 2.45) is 0 Å². The van der Waals surface area contributed by atoms with E-state index < -0.39 is 17.6 Å². The van der Waals surface area contributed by atoms with Crippen molar-refractivity contribution in [2.75, 3.05) is 12.3 Å². The highest BCUT2D eigenvalue weighted by Crippen LogP contribution is 2.21. The number of fused-ring (bicyclic) bond motifs is 1. The molecule has 0 bridgehead atoms. The molecule has 1 aliphatic heterocycles. The Morgan fingerprint density at radius 3 is 2.79 bits per heavy atom. The van der Waals surface area contributed by atoms with E-state index in [1.54, 1.807) is 26.8 Å². The largest absolute Gasteiger partial charge is 0.443 e. The van der Waals surface area contributed by atoms with E-state index in [4.69, 9.17) is 10.5 Å². The molecule has 6 nitrogen and oxygen atoms in total. The zero-order chi connectivity index (χ0) is 14.2. The van der Waals surface area contributed by atoms with Gasteiger partial charge >= 0.3 is 6.09 Å². The number of nitrogens with zero attached hydrogens (tertiary/aromatic N) is 2. The quantitative estimate of drug-likeness (QED) is 0.768. The number of carbonyl (C=O) groups excluding carboxylic acids is 2. The molecular weight excluding hydrogens is 246 g/mol. The molecule has 2 heterocycles. The van der Waals surface area contributed by atoms with E-state index in [0.717, 1.165) is 4.90 Å². The highest BCUT2D eigenvalue weighted by Gasteiger charge is 2.32.